The van der Waals surface area contributed by atoms with Crippen molar-refractivity contribution in [2.45, 2.75) is 13.8 Å². The molecular weight excluding hydrogens is 132 g/mol. The van der Waals surface area contributed by atoms with E-state index in [0.717, 1.165) is 6.54 Å². The van der Waals surface area contributed by atoms with Gasteiger partial charge in [-0.05, 0) is 13.8 Å². The average Bonchev–Trinajstić information content (AvgIpc) is 1.89. The summed E-state index contributed by atoms with van der Waals surface area (Å²) in [5, 5.41) is 2.05. The van der Waals surface area contributed by atoms with Gasteiger partial charge in [0, 0.05) is 29.6 Å². The number of hydrogen-bond donors (Lipinski definition) is 0. The summed E-state index contributed by atoms with van der Waals surface area (Å²) in [6.45, 7) is 5.20. The Balaban J connectivity index is 2.59. The fraction of sp³-hybridized carbons (Fsp3) is 0.500. The second-order valence-corrected chi connectivity index (χ2v) is 2.53. The first-order valence-corrected chi connectivity index (χ1v) is 3.81. The van der Waals surface area contributed by atoms with Crippen molar-refractivity contribution in [1.82, 2.24) is 4.90 Å². The van der Waals surface area contributed by atoms with E-state index in [0.29, 0.717) is 0 Å². The van der Waals surface area contributed by atoms with Gasteiger partial charge in [-0.25, -0.2) is 4.40 Å². The van der Waals surface area contributed by atoms with Crippen molar-refractivity contribution in [1.29, 1.82) is 0 Å². The van der Waals surface area contributed by atoms with Crippen molar-refractivity contribution >= 4 is 18.3 Å². The van der Waals surface area contributed by atoms with Crippen LogP contribution < -0.4 is 0 Å². The van der Waals surface area contributed by atoms with Gasteiger partial charge in [0.05, 0.1) is 0 Å². The zero-order chi connectivity index (χ0) is 6.69. The van der Waals surface area contributed by atoms with Crippen LogP contribution in [0.2, 0.25) is 0 Å². The van der Waals surface area contributed by atoms with E-state index in [1.165, 1.54) is 17.6 Å². The minimum absolute atomic E-state index is 1.01. The fourth-order valence-electron chi connectivity index (χ4n) is 0.681. The van der Waals surface area contributed by atoms with Gasteiger partial charge in [0.2, 0.25) is 0 Å². The normalized spacial score (nSPS) is 18.0. The first-order chi connectivity index (χ1) is 4.34. The van der Waals surface area contributed by atoms with E-state index in [9.17, 15) is 0 Å². The molecule has 0 amide bonds. The maximum Gasteiger partial charge on any atom is 0.104 e. The Hall–Kier alpha value is -0.440. The molecule has 1 rings (SSSR count). The summed E-state index contributed by atoms with van der Waals surface area (Å²) in [6, 6.07) is 0. The van der Waals surface area contributed by atoms with Crippen molar-refractivity contribution in [3.8, 4) is 0 Å². The van der Waals surface area contributed by atoms with Gasteiger partial charge in [-0.3, -0.25) is 0 Å². The predicted molar refractivity (Wildman–Crippen MR) is 42.2 cm³/mol. The fourth-order valence-corrected chi connectivity index (χ4v) is 1.20. The summed E-state index contributed by atoms with van der Waals surface area (Å²) in [5.74, 6) is 0. The molecule has 0 saturated heterocycles. The SMILES string of the molecule is CCN1C=NSC=C1C. The number of nitrogens with zero attached hydrogens (tertiary/aromatic N) is 2. The van der Waals surface area contributed by atoms with Gasteiger partial charge in [0.15, 0.2) is 0 Å². The van der Waals surface area contributed by atoms with Crippen LogP contribution in [0.15, 0.2) is 15.5 Å². The van der Waals surface area contributed by atoms with Gasteiger partial charge in [-0.15, -0.1) is 0 Å². The van der Waals surface area contributed by atoms with Crippen molar-refractivity contribution < 1.29 is 0 Å². The van der Waals surface area contributed by atoms with Crippen LogP contribution in [-0.4, -0.2) is 17.8 Å². The van der Waals surface area contributed by atoms with E-state index in [1.54, 1.807) is 0 Å². The van der Waals surface area contributed by atoms with E-state index in [4.69, 9.17) is 0 Å². The second kappa shape index (κ2) is 2.92. The van der Waals surface area contributed by atoms with E-state index >= 15 is 0 Å². The highest BCUT2D eigenvalue weighted by Gasteiger charge is 2.01. The van der Waals surface area contributed by atoms with Crippen LogP contribution in [0.1, 0.15) is 13.8 Å². The lowest BCUT2D eigenvalue weighted by molar-refractivity contribution is 0.559. The summed E-state index contributed by atoms with van der Waals surface area (Å²) in [4.78, 5) is 2.11. The number of allylic oxidation sites excluding steroid dienone is 1. The summed E-state index contributed by atoms with van der Waals surface area (Å²) < 4.78 is 4.02. The first kappa shape index (κ1) is 6.68. The van der Waals surface area contributed by atoms with Crippen molar-refractivity contribution in [2.24, 2.45) is 4.40 Å². The predicted octanol–water partition coefficient (Wildman–Crippen LogP) is 1.86. The van der Waals surface area contributed by atoms with Gasteiger partial charge >= 0.3 is 0 Å². The summed E-state index contributed by atoms with van der Waals surface area (Å²) in [7, 11) is 0. The van der Waals surface area contributed by atoms with E-state index in [-0.39, 0.29) is 0 Å². The first-order valence-electron chi connectivity index (χ1n) is 2.97. The quantitative estimate of drug-likeness (QED) is 0.519. The molecule has 1 aliphatic heterocycles. The molecule has 0 N–H and O–H groups in total. The maximum absolute atomic E-state index is 4.02. The lowest BCUT2D eigenvalue weighted by Gasteiger charge is -2.19. The van der Waals surface area contributed by atoms with Crippen molar-refractivity contribution in [3.63, 3.8) is 0 Å². The highest BCUT2D eigenvalue weighted by Crippen LogP contribution is 2.15. The van der Waals surface area contributed by atoms with Crippen LogP contribution >= 0.6 is 11.9 Å². The van der Waals surface area contributed by atoms with Crippen LogP contribution in [0.5, 0.6) is 0 Å². The average molecular weight is 142 g/mol. The molecule has 1 aliphatic rings. The lowest BCUT2D eigenvalue weighted by atomic mass is 10.5. The van der Waals surface area contributed by atoms with Gasteiger partial charge in [-0.1, -0.05) is 0 Å². The molecule has 9 heavy (non-hydrogen) atoms. The van der Waals surface area contributed by atoms with Gasteiger partial charge in [0.25, 0.3) is 0 Å². The molecule has 0 aliphatic carbocycles. The molecule has 0 aromatic rings. The molecule has 0 aromatic heterocycles. The monoisotopic (exact) mass is 142 g/mol. The highest BCUT2D eigenvalue weighted by molar-refractivity contribution is 8.01. The third-order valence-corrected chi connectivity index (χ3v) is 1.93. The minimum Gasteiger partial charge on any atom is -0.336 e. The summed E-state index contributed by atoms with van der Waals surface area (Å²) >= 11 is 1.49. The smallest absolute Gasteiger partial charge is 0.104 e. The molecule has 1 heterocycles. The van der Waals surface area contributed by atoms with Crippen molar-refractivity contribution in [2.75, 3.05) is 6.54 Å². The Bertz CT molecular complexity index is 151. The van der Waals surface area contributed by atoms with Crippen LogP contribution in [0.4, 0.5) is 0 Å². The lowest BCUT2D eigenvalue weighted by Crippen LogP contribution is -2.19. The molecule has 0 aromatic carbocycles. The standard InChI is InChI=1S/C6H10N2S/c1-3-8-5-7-9-4-6(8)2/h4-5H,3H2,1-2H3. The molecule has 0 saturated carbocycles. The van der Waals surface area contributed by atoms with Crippen LogP contribution in [0.3, 0.4) is 0 Å². The van der Waals surface area contributed by atoms with Crippen LogP contribution in [0, 0.1) is 0 Å². The largest absolute Gasteiger partial charge is 0.336 e. The van der Waals surface area contributed by atoms with E-state index in [1.807, 2.05) is 11.7 Å². The summed E-state index contributed by atoms with van der Waals surface area (Å²) in [6.07, 6.45) is 1.86. The van der Waals surface area contributed by atoms with Crippen molar-refractivity contribution in [3.05, 3.63) is 11.1 Å². The molecular formula is C6H10N2S. The summed E-state index contributed by atoms with van der Waals surface area (Å²) in [5.41, 5.74) is 1.28. The molecule has 3 heteroatoms. The van der Waals surface area contributed by atoms with Gasteiger partial charge < -0.3 is 4.90 Å². The Morgan fingerprint density at radius 3 is 3.00 bits per heavy atom. The Morgan fingerprint density at radius 2 is 2.56 bits per heavy atom. The van der Waals surface area contributed by atoms with Gasteiger partial charge in [-0.2, -0.15) is 0 Å². The molecule has 0 bridgehead atoms. The third kappa shape index (κ3) is 1.48. The molecule has 0 fully saturated rings. The molecule has 0 spiro atoms. The molecule has 2 nitrogen and oxygen atoms in total. The zero-order valence-corrected chi connectivity index (χ0v) is 6.48. The van der Waals surface area contributed by atoms with Gasteiger partial charge in [0.1, 0.15) is 6.34 Å². The molecule has 0 unspecified atom stereocenters. The topological polar surface area (TPSA) is 15.6 Å². The minimum atomic E-state index is 1.01. The highest BCUT2D eigenvalue weighted by atomic mass is 32.2. The Morgan fingerprint density at radius 1 is 1.78 bits per heavy atom. The number of hydrogen-bond acceptors (Lipinski definition) is 3. The van der Waals surface area contributed by atoms with E-state index in [2.05, 4.69) is 23.1 Å². The van der Waals surface area contributed by atoms with Crippen LogP contribution in [0.25, 0.3) is 0 Å². The molecule has 0 radical (unpaired) electrons. The van der Waals surface area contributed by atoms with E-state index < -0.39 is 0 Å². The van der Waals surface area contributed by atoms with Crippen LogP contribution in [-0.2, 0) is 0 Å². The molecule has 0 atom stereocenters. The Labute approximate surface area is 59.8 Å². The maximum atomic E-state index is 4.02. The number of rotatable bonds is 1. The molecule has 50 valence electrons. The third-order valence-electron chi connectivity index (χ3n) is 1.26. The Kier molecular flexibility index (Phi) is 2.16. The second-order valence-electron chi connectivity index (χ2n) is 1.87. The zero-order valence-electron chi connectivity index (χ0n) is 5.66.